The van der Waals surface area contributed by atoms with Crippen molar-refractivity contribution >= 4 is 28.6 Å². The third kappa shape index (κ3) is 3.20. The van der Waals surface area contributed by atoms with Crippen LogP contribution in [-0.4, -0.2) is 26.7 Å². The van der Waals surface area contributed by atoms with Gasteiger partial charge in [-0.2, -0.15) is 0 Å². The van der Waals surface area contributed by atoms with Crippen LogP contribution in [0.5, 0.6) is 5.75 Å². The summed E-state index contributed by atoms with van der Waals surface area (Å²) in [6, 6.07) is 19.3. The summed E-state index contributed by atoms with van der Waals surface area (Å²) in [5, 5.41) is 10.9. The summed E-state index contributed by atoms with van der Waals surface area (Å²) < 4.78 is 0. The fourth-order valence-electron chi connectivity index (χ4n) is 3.10. The van der Waals surface area contributed by atoms with E-state index in [1.807, 2.05) is 53.4 Å². The van der Waals surface area contributed by atoms with Crippen LogP contribution in [0.25, 0.3) is 10.9 Å². The molecule has 1 fully saturated rings. The van der Waals surface area contributed by atoms with Crippen LogP contribution in [0.3, 0.4) is 0 Å². The molecule has 5 heteroatoms. The highest BCUT2D eigenvalue weighted by molar-refractivity contribution is 7.99. The fourth-order valence-corrected chi connectivity index (χ4v) is 4.29. The lowest BCUT2D eigenvalue weighted by Gasteiger charge is -2.35. The number of nitrogens with zero attached hydrogens (tertiary/aromatic N) is 2. The lowest BCUT2D eigenvalue weighted by molar-refractivity contribution is -0.132. The van der Waals surface area contributed by atoms with Gasteiger partial charge in [0.2, 0.25) is 5.91 Å². The summed E-state index contributed by atoms with van der Waals surface area (Å²) in [6.07, 6.45) is 0.548. The van der Waals surface area contributed by atoms with E-state index < -0.39 is 0 Å². The smallest absolute Gasteiger partial charge is 0.224 e. The van der Waals surface area contributed by atoms with E-state index in [0.717, 1.165) is 22.4 Å². The summed E-state index contributed by atoms with van der Waals surface area (Å²) >= 11 is 1.72. The molecule has 1 aliphatic rings. The molecule has 3 aromatic rings. The number of carbonyl (C=O) groups is 1. The fraction of sp³-hybridized carbons (Fsp3) is 0.200. The van der Waals surface area contributed by atoms with Gasteiger partial charge in [0.1, 0.15) is 16.6 Å². The van der Waals surface area contributed by atoms with Crippen LogP contribution in [0, 0.1) is 0 Å². The van der Waals surface area contributed by atoms with Crippen molar-refractivity contribution in [1.29, 1.82) is 0 Å². The summed E-state index contributed by atoms with van der Waals surface area (Å²) in [4.78, 5) is 19.1. The minimum absolute atomic E-state index is 0.134. The number of phenolic OH excluding ortho intramolecular Hbond substituents is 1. The number of carbonyl (C=O) groups excluding carboxylic acids is 1. The van der Waals surface area contributed by atoms with Crippen molar-refractivity contribution in [3.05, 3.63) is 71.9 Å². The van der Waals surface area contributed by atoms with Crippen LogP contribution in [0.4, 0.5) is 0 Å². The Morgan fingerprint density at radius 3 is 2.76 bits per heavy atom. The molecular formula is C20H18N2O2S. The van der Waals surface area contributed by atoms with Crippen molar-refractivity contribution in [2.24, 2.45) is 0 Å². The van der Waals surface area contributed by atoms with Gasteiger partial charge in [-0.1, -0.05) is 48.5 Å². The number of hydrogen-bond donors (Lipinski definition) is 1. The molecule has 0 radical (unpaired) electrons. The number of fused-ring (bicyclic) bond motifs is 1. The summed E-state index contributed by atoms with van der Waals surface area (Å²) in [7, 11) is 0. The Hall–Kier alpha value is -2.53. The Kier molecular flexibility index (Phi) is 4.32. The maximum Gasteiger partial charge on any atom is 0.224 e. The van der Waals surface area contributed by atoms with Crippen LogP contribution in [0.1, 0.15) is 23.1 Å². The second-order valence-corrected chi connectivity index (χ2v) is 7.25. The molecule has 1 saturated heterocycles. The van der Waals surface area contributed by atoms with Crippen LogP contribution in [0.2, 0.25) is 0 Å². The number of hydrogen-bond acceptors (Lipinski definition) is 4. The number of aromatic nitrogens is 1. The van der Waals surface area contributed by atoms with E-state index in [9.17, 15) is 9.90 Å². The molecule has 25 heavy (non-hydrogen) atoms. The molecule has 1 amide bonds. The van der Waals surface area contributed by atoms with E-state index in [-0.39, 0.29) is 17.0 Å². The van der Waals surface area contributed by atoms with Crippen LogP contribution >= 0.6 is 11.8 Å². The van der Waals surface area contributed by atoms with Crippen molar-refractivity contribution in [3.63, 3.8) is 0 Å². The quantitative estimate of drug-likeness (QED) is 0.772. The molecule has 0 spiro atoms. The van der Waals surface area contributed by atoms with Crippen LogP contribution < -0.4 is 0 Å². The summed E-state index contributed by atoms with van der Waals surface area (Å²) in [5.41, 5.74) is 2.49. The Balaban J connectivity index is 1.71. The number of pyridine rings is 1. The third-order valence-electron chi connectivity index (χ3n) is 4.36. The lowest BCUT2D eigenvalue weighted by atomic mass is 10.1. The van der Waals surface area contributed by atoms with Crippen LogP contribution in [0.15, 0.2) is 60.7 Å². The molecule has 1 aliphatic heterocycles. The summed E-state index contributed by atoms with van der Waals surface area (Å²) in [6.45, 7) is 0.567. The normalized spacial score (nSPS) is 17.8. The number of aromatic hydroxyl groups is 1. The second-order valence-electron chi connectivity index (χ2n) is 6.07. The average molecular weight is 350 g/mol. The molecule has 0 aliphatic carbocycles. The molecule has 0 saturated carbocycles. The average Bonchev–Trinajstić information content (AvgIpc) is 2.64. The third-order valence-corrected chi connectivity index (χ3v) is 5.62. The Morgan fingerprint density at radius 2 is 1.92 bits per heavy atom. The van der Waals surface area contributed by atoms with E-state index in [4.69, 9.17) is 0 Å². The molecule has 2 heterocycles. The number of benzene rings is 2. The van der Waals surface area contributed by atoms with Gasteiger partial charge >= 0.3 is 0 Å². The highest BCUT2D eigenvalue weighted by atomic mass is 32.2. The zero-order valence-electron chi connectivity index (χ0n) is 13.6. The monoisotopic (exact) mass is 350 g/mol. The number of thioether (sulfide) groups is 1. The number of rotatable bonds is 3. The van der Waals surface area contributed by atoms with Crippen molar-refractivity contribution in [3.8, 4) is 5.75 Å². The van der Waals surface area contributed by atoms with Crippen LogP contribution in [-0.2, 0) is 11.3 Å². The predicted octanol–water partition coefficient (Wildman–Crippen LogP) is 4.10. The molecule has 2 aromatic carbocycles. The summed E-state index contributed by atoms with van der Waals surface area (Å²) in [5.74, 6) is 1.10. The SMILES string of the molecule is O=C1CCSC(c2ccc3cccc(O)c3n2)N1Cc1ccccc1. The Bertz CT molecular complexity index is 914. The molecule has 1 atom stereocenters. The van der Waals surface area contributed by atoms with Gasteiger partial charge in [-0.25, -0.2) is 4.98 Å². The molecule has 126 valence electrons. The minimum Gasteiger partial charge on any atom is -0.506 e. The number of amides is 1. The zero-order chi connectivity index (χ0) is 17.2. The Morgan fingerprint density at radius 1 is 1.08 bits per heavy atom. The second kappa shape index (κ2) is 6.76. The molecule has 1 aromatic heterocycles. The highest BCUT2D eigenvalue weighted by Gasteiger charge is 2.31. The molecule has 1 unspecified atom stereocenters. The molecule has 0 bridgehead atoms. The van der Waals surface area contributed by atoms with Gasteiger partial charge in [0.15, 0.2) is 0 Å². The molecule has 4 nitrogen and oxygen atoms in total. The van der Waals surface area contributed by atoms with E-state index in [1.54, 1.807) is 23.9 Å². The first-order valence-electron chi connectivity index (χ1n) is 8.26. The Labute approximate surface area is 150 Å². The first-order chi connectivity index (χ1) is 12.2. The topological polar surface area (TPSA) is 53.4 Å². The van der Waals surface area contributed by atoms with E-state index in [1.165, 1.54) is 0 Å². The van der Waals surface area contributed by atoms with E-state index in [0.29, 0.717) is 18.5 Å². The van der Waals surface area contributed by atoms with Crippen molar-refractivity contribution in [2.75, 3.05) is 5.75 Å². The predicted molar refractivity (Wildman–Crippen MR) is 100 cm³/mol. The van der Waals surface area contributed by atoms with Crippen molar-refractivity contribution < 1.29 is 9.90 Å². The number of para-hydroxylation sites is 1. The maximum atomic E-state index is 12.5. The van der Waals surface area contributed by atoms with Crippen molar-refractivity contribution in [1.82, 2.24) is 9.88 Å². The van der Waals surface area contributed by atoms with Gasteiger partial charge in [-0.3, -0.25) is 4.79 Å². The molecular weight excluding hydrogens is 332 g/mol. The van der Waals surface area contributed by atoms with Gasteiger partial charge in [0.25, 0.3) is 0 Å². The van der Waals surface area contributed by atoms with E-state index in [2.05, 4.69) is 4.98 Å². The lowest BCUT2D eigenvalue weighted by Crippen LogP contribution is -2.37. The zero-order valence-corrected chi connectivity index (χ0v) is 14.4. The first kappa shape index (κ1) is 16.0. The number of phenols is 1. The van der Waals surface area contributed by atoms with E-state index >= 15 is 0 Å². The van der Waals surface area contributed by atoms with Gasteiger partial charge in [0, 0.05) is 24.1 Å². The largest absolute Gasteiger partial charge is 0.506 e. The molecule has 4 rings (SSSR count). The molecule has 1 N–H and O–H groups in total. The minimum atomic E-state index is -0.134. The first-order valence-corrected chi connectivity index (χ1v) is 9.31. The van der Waals surface area contributed by atoms with Gasteiger partial charge in [0.05, 0.1) is 5.69 Å². The highest BCUT2D eigenvalue weighted by Crippen LogP contribution is 2.38. The van der Waals surface area contributed by atoms with Gasteiger partial charge in [-0.05, 0) is 17.7 Å². The van der Waals surface area contributed by atoms with Gasteiger partial charge in [-0.15, -0.1) is 11.8 Å². The van der Waals surface area contributed by atoms with Gasteiger partial charge < -0.3 is 10.0 Å². The maximum absolute atomic E-state index is 12.5. The standard InChI is InChI=1S/C20H18N2O2S/c23-17-8-4-7-15-9-10-16(21-19(15)17)20-22(18(24)11-12-25-20)13-14-5-2-1-3-6-14/h1-10,20,23H,11-13H2. The van der Waals surface area contributed by atoms with Crippen molar-refractivity contribution in [2.45, 2.75) is 18.3 Å².